The first-order valence-electron chi connectivity index (χ1n) is 9.03. The molecule has 2 aliphatic rings. The molecule has 24 heavy (non-hydrogen) atoms. The molecule has 2 aliphatic heterocycles. The maximum atomic E-state index is 12.5. The van der Waals surface area contributed by atoms with E-state index >= 15 is 0 Å². The van der Waals surface area contributed by atoms with Gasteiger partial charge in [-0.2, -0.15) is 0 Å². The largest absolute Gasteiger partial charge is 0.375 e. The third-order valence-corrected chi connectivity index (χ3v) is 5.14. The lowest BCUT2D eigenvalue weighted by atomic mass is 9.93. The molecule has 1 aromatic rings. The molecule has 2 fully saturated rings. The third kappa shape index (κ3) is 4.46. The lowest BCUT2D eigenvalue weighted by molar-refractivity contribution is -0.136. The van der Waals surface area contributed by atoms with Crippen LogP contribution in [0.2, 0.25) is 0 Å². The van der Waals surface area contributed by atoms with E-state index in [2.05, 4.69) is 23.6 Å². The molecule has 130 valence electrons. The zero-order chi connectivity index (χ0) is 16.8. The van der Waals surface area contributed by atoms with Crippen LogP contribution in [0, 0.1) is 5.92 Å². The van der Waals surface area contributed by atoms with E-state index in [0.29, 0.717) is 12.3 Å². The van der Waals surface area contributed by atoms with Gasteiger partial charge in [-0.1, -0.05) is 36.4 Å². The number of carbonyl (C=O) groups excluding carboxylic acids is 1. The standard InChI is InChI=1S/C20H28N2O2/c1-2-11-21-13-14-24-19-16-22(12-10-18(19)15-21)20(23)9-8-17-6-4-3-5-7-17/h2-7,18-19H,1,8-16H2/t18-,19-/m1/s1. The lowest BCUT2D eigenvalue weighted by Crippen LogP contribution is -2.49. The molecule has 1 aromatic carbocycles. The van der Waals surface area contributed by atoms with Gasteiger partial charge in [-0.15, -0.1) is 6.58 Å². The number of fused-ring (bicyclic) bond motifs is 1. The van der Waals surface area contributed by atoms with Crippen molar-refractivity contribution in [2.24, 2.45) is 5.92 Å². The van der Waals surface area contributed by atoms with Crippen LogP contribution in [0.25, 0.3) is 0 Å². The van der Waals surface area contributed by atoms with Crippen molar-refractivity contribution in [2.45, 2.75) is 25.4 Å². The van der Waals surface area contributed by atoms with Crippen LogP contribution in [0.15, 0.2) is 43.0 Å². The van der Waals surface area contributed by atoms with Gasteiger partial charge in [-0.3, -0.25) is 9.69 Å². The molecule has 1 amide bonds. The summed E-state index contributed by atoms with van der Waals surface area (Å²) in [5.41, 5.74) is 1.23. The summed E-state index contributed by atoms with van der Waals surface area (Å²) in [6, 6.07) is 10.2. The van der Waals surface area contributed by atoms with Crippen LogP contribution in [-0.2, 0) is 16.0 Å². The van der Waals surface area contributed by atoms with Crippen LogP contribution in [-0.4, -0.2) is 61.1 Å². The fraction of sp³-hybridized carbons (Fsp3) is 0.550. The van der Waals surface area contributed by atoms with E-state index in [9.17, 15) is 4.79 Å². The summed E-state index contributed by atoms with van der Waals surface area (Å²) in [5, 5.41) is 0. The van der Waals surface area contributed by atoms with Crippen LogP contribution in [0.1, 0.15) is 18.4 Å². The van der Waals surface area contributed by atoms with Crippen LogP contribution >= 0.6 is 0 Å². The molecule has 0 radical (unpaired) electrons. The van der Waals surface area contributed by atoms with E-state index in [-0.39, 0.29) is 12.0 Å². The number of aryl methyl sites for hydroxylation is 1. The number of likely N-dealkylation sites (tertiary alicyclic amines) is 1. The van der Waals surface area contributed by atoms with Gasteiger partial charge in [0.05, 0.1) is 12.7 Å². The van der Waals surface area contributed by atoms with Gasteiger partial charge < -0.3 is 9.64 Å². The minimum Gasteiger partial charge on any atom is -0.375 e. The number of benzene rings is 1. The monoisotopic (exact) mass is 328 g/mol. The van der Waals surface area contributed by atoms with Gasteiger partial charge in [-0.05, 0) is 18.4 Å². The van der Waals surface area contributed by atoms with E-state index in [1.807, 2.05) is 29.2 Å². The van der Waals surface area contributed by atoms with Crippen molar-refractivity contribution in [1.82, 2.24) is 9.80 Å². The zero-order valence-corrected chi connectivity index (χ0v) is 14.4. The molecule has 0 aromatic heterocycles. The molecule has 0 aliphatic carbocycles. The molecule has 4 heteroatoms. The molecular weight excluding hydrogens is 300 g/mol. The minimum atomic E-state index is 0.189. The molecule has 3 rings (SSSR count). The molecule has 0 N–H and O–H groups in total. The maximum Gasteiger partial charge on any atom is 0.222 e. The molecule has 0 unspecified atom stereocenters. The maximum absolute atomic E-state index is 12.5. The third-order valence-electron chi connectivity index (χ3n) is 5.14. The van der Waals surface area contributed by atoms with Gasteiger partial charge in [0.15, 0.2) is 0 Å². The first kappa shape index (κ1) is 17.2. The fourth-order valence-corrected chi connectivity index (χ4v) is 3.75. The Labute approximate surface area is 145 Å². The second kappa shape index (κ2) is 8.45. The van der Waals surface area contributed by atoms with Gasteiger partial charge in [0.2, 0.25) is 5.91 Å². The van der Waals surface area contributed by atoms with Gasteiger partial charge in [0, 0.05) is 45.1 Å². The lowest BCUT2D eigenvalue weighted by Gasteiger charge is -2.38. The van der Waals surface area contributed by atoms with Gasteiger partial charge in [-0.25, -0.2) is 0 Å². The molecule has 2 saturated heterocycles. The Morgan fingerprint density at radius 1 is 1.25 bits per heavy atom. The highest BCUT2D eigenvalue weighted by Crippen LogP contribution is 2.24. The van der Waals surface area contributed by atoms with Crippen molar-refractivity contribution in [3.05, 3.63) is 48.6 Å². The second-order valence-corrected chi connectivity index (χ2v) is 6.83. The summed E-state index contributed by atoms with van der Waals surface area (Å²) in [7, 11) is 0. The smallest absolute Gasteiger partial charge is 0.222 e. The average Bonchev–Trinajstić information content (AvgIpc) is 2.82. The number of hydrogen-bond acceptors (Lipinski definition) is 3. The number of ether oxygens (including phenoxy) is 1. The second-order valence-electron chi connectivity index (χ2n) is 6.83. The number of nitrogens with zero attached hydrogens (tertiary/aromatic N) is 2. The van der Waals surface area contributed by atoms with E-state index in [1.54, 1.807) is 0 Å². The van der Waals surface area contributed by atoms with Crippen molar-refractivity contribution < 1.29 is 9.53 Å². The molecule has 2 heterocycles. The van der Waals surface area contributed by atoms with Crippen molar-refractivity contribution in [2.75, 3.05) is 39.3 Å². The molecule has 2 atom stereocenters. The topological polar surface area (TPSA) is 32.8 Å². The highest BCUT2D eigenvalue weighted by molar-refractivity contribution is 5.76. The summed E-state index contributed by atoms with van der Waals surface area (Å²) in [4.78, 5) is 17.0. The number of hydrogen-bond donors (Lipinski definition) is 0. The molecule has 0 saturated carbocycles. The van der Waals surface area contributed by atoms with Gasteiger partial charge in [0.25, 0.3) is 0 Å². The Bertz CT molecular complexity index is 546. The Kier molecular flexibility index (Phi) is 6.05. The summed E-state index contributed by atoms with van der Waals surface area (Å²) in [6.45, 7) is 9.14. The van der Waals surface area contributed by atoms with Gasteiger partial charge in [0.1, 0.15) is 0 Å². The van der Waals surface area contributed by atoms with Crippen LogP contribution in [0.3, 0.4) is 0 Å². The minimum absolute atomic E-state index is 0.189. The fourth-order valence-electron chi connectivity index (χ4n) is 3.75. The van der Waals surface area contributed by atoms with Crippen LogP contribution in [0.5, 0.6) is 0 Å². The first-order chi connectivity index (χ1) is 11.8. The van der Waals surface area contributed by atoms with Crippen LogP contribution < -0.4 is 0 Å². The van der Waals surface area contributed by atoms with Crippen molar-refractivity contribution >= 4 is 5.91 Å². The Hall–Kier alpha value is -1.65. The van der Waals surface area contributed by atoms with Crippen molar-refractivity contribution in [1.29, 1.82) is 0 Å². The molecule has 0 spiro atoms. The van der Waals surface area contributed by atoms with E-state index < -0.39 is 0 Å². The highest BCUT2D eigenvalue weighted by Gasteiger charge is 2.34. The molecule has 4 nitrogen and oxygen atoms in total. The number of piperidine rings is 1. The summed E-state index contributed by atoms with van der Waals surface area (Å²) in [5.74, 6) is 0.790. The predicted molar refractivity (Wildman–Crippen MR) is 95.8 cm³/mol. The molecule has 0 bridgehead atoms. The quantitative estimate of drug-likeness (QED) is 0.778. The Morgan fingerprint density at radius 3 is 2.88 bits per heavy atom. The zero-order valence-electron chi connectivity index (χ0n) is 14.4. The average molecular weight is 328 g/mol. The van der Waals surface area contributed by atoms with Gasteiger partial charge >= 0.3 is 0 Å². The summed E-state index contributed by atoms with van der Waals surface area (Å²) < 4.78 is 6.06. The predicted octanol–water partition coefficient (Wildman–Crippen LogP) is 2.35. The summed E-state index contributed by atoms with van der Waals surface area (Å²) in [6.07, 6.45) is 4.59. The van der Waals surface area contributed by atoms with E-state index in [0.717, 1.165) is 52.2 Å². The Balaban J connectivity index is 1.51. The number of carbonyl (C=O) groups is 1. The van der Waals surface area contributed by atoms with Crippen molar-refractivity contribution in [3.8, 4) is 0 Å². The number of amides is 1. The highest BCUT2D eigenvalue weighted by atomic mass is 16.5. The van der Waals surface area contributed by atoms with Crippen LogP contribution in [0.4, 0.5) is 0 Å². The first-order valence-corrected chi connectivity index (χ1v) is 9.03. The van der Waals surface area contributed by atoms with E-state index in [4.69, 9.17) is 4.74 Å². The number of rotatable bonds is 5. The Morgan fingerprint density at radius 2 is 2.08 bits per heavy atom. The summed E-state index contributed by atoms with van der Waals surface area (Å²) >= 11 is 0. The normalized spacial score (nSPS) is 24.9. The van der Waals surface area contributed by atoms with Crippen molar-refractivity contribution in [3.63, 3.8) is 0 Å². The van der Waals surface area contributed by atoms with E-state index in [1.165, 1.54) is 5.56 Å². The molecular formula is C20H28N2O2. The SMILES string of the molecule is C=CCN1CCO[C@@H]2CN(C(=O)CCc3ccccc3)CC[C@@H]2C1.